The molecule has 0 fully saturated rings. The van der Waals surface area contributed by atoms with Gasteiger partial charge < -0.3 is 15.1 Å². The molecule has 0 aliphatic heterocycles. The van der Waals surface area contributed by atoms with Gasteiger partial charge in [-0.1, -0.05) is 0 Å². The van der Waals surface area contributed by atoms with Gasteiger partial charge in [-0.25, -0.2) is 4.98 Å². The van der Waals surface area contributed by atoms with Crippen LogP contribution in [0.25, 0.3) is 0 Å². The van der Waals surface area contributed by atoms with E-state index in [2.05, 4.69) is 15.6 Å². The number of carbonyl (C=O) groups excluding carboxylic acids is 1. The van der Waals surface area contributed by atoms with Crippen LogP contribution in [-0.4, -0.2) is 17.9 Å². The number of benzene rings is 1. The summed E-state index contributed by atoms with van der Waals surface area (Å²) in [5, 5.41) is 5.78. The van der Waals surface area contributed by atoms with E-state index in [1.54, 1.807) is 12.1 Å². The molecule has 0 aliphatic rings. The number of hydrogen-bond donors (Lipinski definition) is 2. The summed E-state index contributed by atoms with van der Waals surface area (Å²) in [5.41, 5.74) is 2.43. The quantitative estimate of drug-likeness (QED) is 0.883. The summed E-state index contributed by atoms with van der Waals surface area (Å²) in [7, 11) is 1.84. The van der Waals surface area contributed by atoms with Gasteiger partial charge in [0.05, 0.1) is 12.2 Å². The maximum Gasteiger partial charge on any atom is 0.251 e. The van der Waals surface area contributed by atoms with Gasteiger partial charge in [-0.2, -0.15) is 0 Å². The molecule has 19 heavy (non-hydrogen) atoms. The molecule has 2 N–H and O–H groups in total. The van der Waals surface area contributed by atoms with Crippen molar-refractivity contribution in [1.29, 1.82) is 0 Å². The summed E-state index contributed by atoms with van der Waals surface area (Å²) in [6.45, 7) is 4.02. The van der Waals surface area contributed by atoms with Crippen molar-refractivity contribution in [1.82, 2.24) is 10.3 Å². The lowest BCUT2D eigenvalue weighted by molar-refractivity contribution is 0.0947. The summed E-state index contributed by atoms with van der Waals surface area (Å²) >= 11 is 0. The second kappa shape index (κ2) is 5.56. The molecule has 1 amide bonds. The summed E-state index contributed by atoms with van der Waals surface area (Å²) < 4.78 is 5.40. The number of carbonyl (C=O) groups is 1. The number of amides is 1. The van der Waals surface area contributed by atoms with Crippen molar-refractivity contribution < 1.29 is 9.21 Å². The molecule has 5 nitrogen and oxygen atoms in total. The Bertz CT molecular complexity index is 553. The molecule has 0 radical (unpaired) electrons. The van der Waals surface area contributed by atoms with E-state index in [0.29, 0.717) is 18.0 Å². The molecule has 0 unspecified atom stereocenters. The summed E-state index contributed by atoms with van der Waals surface area (Å²) in [5.74, 6) is 1.16. The van der Waals surface area contributed by atoms with Crippen molar-refractivity contribution >= 4 is 11.6 Å². The van der Waals surface area contributed by atoms with Gasteiger partial charge in [0.2, 0.25) is 5.89 Å². The van der Waals surface area contributed by atoms with Crippen LogP contribution in [-0.2, 0) is 6.54 Å². The van der Waals surface area contributed by atoms with Crippen molar-refractivity contribution in [3.8, 4) is 0 Å². The number of aromatic nitrogens is 1. The zero-order valence-electron chi connectivity index (χ0n) is 11.3. The Hall–Kier alpha value is -2.30. The van der Waals surface area contributed by atoms with E-state index < -0.39 is 0 Å². The number of nitrogens with one attached hydrogen (secondary N) is 2. The normalized spacial score (nSPS) is 10.3. The van der Waals surface area contributed by atoms with Gasteiger partial charge >= 0.3 is 0 Å². The smallest absolute Gasteiger partial charge is 0.251 e. The summed E-state index contributed by atoms with van der Waals surface area (Å²) in [4.78, 5) is 16.1. The number of rotatable bonds is 4. The third-order valence-corrected chi connectivity index (χ3v) is 2.91. The van der Waals surface area contributed by atoms with E-state index in [-0.39, 0.29) is 5.91 Å². The summed E-state index contributed by atoms with van der Waals surface area (Å²) in [6, 6.07) is 7.25. The second-order valence-electron chi connectivity index (χ2n) is 4.26. The van der Waals surface area contributed by atoms with E-state index in [9.17, 15) is 4.79 Å². The highest BCUT2D eigenvalue weighted by Gasteiger charge is 2.09. The molecule has 1 heterocycles. The van der Waals surface area contributed by atoms with Crippen molar-refractivity contribution in [3.05, 3.63) is 47.2 Å². The van der Waals surface area contributed by atoms with Gasteiger partial charge in [0.15, 0.2) is 0 Å². The average molecular weight is 259 g/mol. The Kier molecular flexibility index (Phi) is 3.85. The minimum atomic E-state index is -0.142. The van der Waals surface area contributed by atoms with Gasteiger partial charge in [0, 0.05) is 18.3 Å². The minimum Gasteiger partial charge on any atom is -0.444 e. The van der Waals surface area contributed by atoms with Gasteiger partial charge in [0.25, 0.3) is 5.91 Å². The number of nitrogens with zero attached hydrogens (tertiary/aromatic N) is 1. The van der Waals surface area contributed by atoms with E-state index in [1.807, 2.05) is 33.0 Å². The molecule has 0 saturated heterocycles. The van der Waals surface area contributed by atoms with Crippen LogP contribution in [0.5, 0.6) is 0 Å². The first kappa shape index (κ1) is 13.1. The molecule has 0 aliphatic carbocycles. The average Bonchev–Trinajstić information content (AvgIpc) is 2.75. The number of anilines is 1. The van der Waals surface area contributed by atoms with Crippen LogP contribution in [0.4, 0.5) is 5.69 Å². The molecule has 0 saturated carbocycles. The lowest BCUT2D eigenvalue weighted by Gasteiger charge is -2.04. The predicted octanol–water partition coefficient (Wildman–Crippen LogP) is 2.26. The molecule has 5 heteroatoms. The largest absolute Gasteiger partial charge is 0.444 e. The predicted molar refractivity (Wildman–Crippen MR) is 73.1 cm³/mol. The zero-order valence-corrected chi connectivity index (χ0v) is 11.3. The Labute approximate surface area is 112 Å². The topological polar surface area (TPSA) is 67.2 Å². The summed E-state index contributed by atoms with van der Waals surface area (Å²) in [6.07, 6.45) is 0. The van der Waals surface area contributed by atoms with Crippen LogP contribution in [0.15, 0.2) is 28.7 Å². The lowest BCUT2D eigenvalue weighted by atomic mass is 10.2. The number of hydrogen-bond acceptors (Lipinski definition) is 4. The highest BCUT2D eigenvalue weighted by atomic mass is 16.4. The van der Waals surface area contributed by atoms with Crippen LogP contribution < -0.4 is 10.6 Å². The molecule has 2 rings (SSSR count). The first-order valence-corrected chi connectivity index (χ1v) is 6.09. The van der Waals surface area contributed by atoms with Gasteiger partial charge in [-0.3, -0.25) is 4.79 Å². The maximum atomic E-state index is 11.9. The zero-order chi connectivity index (χ0) is 13.8. The first-order chi connectivity index (χ1) is 9.10. The Morgan fingerprint density at radius 3 is 2.47 bits per heavy atom. The van der Waals surface area contributed by atoms with Crippen molar-refractivity contribution in [2.45, 2.75) is 20.4 Å². The second-order valence-corrected chi connectivity index (χ2v) is 4.26. The third kappa shape index (κ3) is 3.13. The molecule has 1 aromatic carbocycles. The van der Waals surface area contributed by atoms with E-state index in [1.165, 1.54) is 0 Å². The van der Waals surface area contributed by atoms with Crippen molar-refractivity contribution in [2.24, 2.45) is 0 Å². The molecule has 0 atom stereocenters. The number of aryl methyl sites for hydroxylation is 2. The molecule has 1 aromatic heterocycles. The van der Waals surface area contributed by atoms with Crippen LogP contribution in [0.1, 0.15) is 27.7 Å². The fraction of sp³-hybridized carbons (Fsp3) is 0.286. The van der Waals surface area contributed by atoms with Crippen molar-refractivity contribution in [3.63, 3.8) is 0 Å². The van der Waals surface area contributed by atoms with E-state index >= 15 is 0 Å². The fourth-order valence-electron chi connectivity index (χ4n) is 1.66. The Morgan fingerprint density at radius 2 is 1.95 bits per heavy atom. The first-order valence-electron chi connectivity index (χ1n) is 6.09. The van der Waals surface area contributed by atoms with Gasteiger partial charge in [0.1, 0.15) is 5.76 Å². The van der Waals surface area contributed by atoms with E-state index in [0.717, 1.165) is 17.1 Å². The maximum absolute atomic E-state index is 11.9. The monoisotopic (exact) mass is 259 g/mol. The standard InChI is InChI=1S/C14H17N3O2/c1-9-10(2)19-13(17-9)8-16-14(18)11-4-6-12(15-3)7-5-11/h4-7,15H,8H2,1-3H3,(H,16,18). The SMILES string of the molecule is CNc1ccc(C(=O)NCc2nc(C)c(C)o2)cc1. The van der Waals surface area contributed by atoms with E-state index in [4.69, 9.17) is 4.42 Å². The molecule has 0 spiro atoms. The Balaban J connectivity index is 1.96. The highest BCUT2D eigenvalue weighted by Crippen LogP contribution is 2.10. The van der Waals surface area contributed by atoms with Crippen LogP contribution in [0.3, 0.4) is 0 Å². The van der Waals surface area contributed by atoms with Crippen molar-refractivity contribution in [2.75, 3.05) is 12.4 Å². The number of oxazole rings is 1. The molecule has 2 aromatic rings. The van der Waals surface area contributed by atoms with Gasteiger partial charge in [-0.05, 0) is 38.1 Å². The van der Waals surface area contributed by atoms with Crippen LogP contribution >= 0.6 is 0 Å². The third-order valence-electron chi connectivity index (χ3n) is 2.91. The highest BCUT2D eigenvalue weighted by molar-refractivity contribution is 5.94. The van der Waals surface area contributed by atoms with Crippen LogP contribution in [0.2, 0.25) is 0 Å². The minimum absolute atomic E-state index is 0.142. The molecular formula is C14H17N3O2. The molecule has 100 valence electrons. The molecule has 0 bridgehead atoms. The van der Waals surface area contributed by atoms with Crippen LogP contribution in [0, 0.1) is 13.8 Å². The molecular weight excluding hydrogens is 242 g/mol. The van der Waals surface area contributed by atoms with Gasteiger partial charge in [-0.15, -0.1) is 0 Å². The lowest BCUT2D eigenvalue weighted by Crippen LogP contribution is -2.22. The fourth-order valence-corrected chi connectivity index (χ4v) is 1.66. The Morgan fingerprint density at radius 1 is 1.26 bits per heavy atom.